The van der Waals surface area contributed by atoms with Crippen molar-refractivity contribution in [3.63, 3.8) is 0 Å². The molecule has 0 unspecified atom stereocenters. The van der Waals surface area contributed by atoms with Crippen molar-refractivity contribution in [2.45, 2.75) is 13.5 Å². The number of rotatable bonds is 7. The summed E-state index contributed by atoms with van der Waals surface area (Å²) in [7, 11) is 1.52. The molecule has 0 aliphatic heterocycles. The second-order valence-corrected chi connectivity index (χ2v) is 5.72. The second-order valence-electron chi connectivity index (χ2n) is 5.32. The first-order valence-corrected chi connectivity index (χ1v) is 8.59. The van der Waals surface area contributed by atoms with Gasteiger partial charge >= 0.3 is 11.8 Å². The maximum Gasteiger partial charge on any atom is 0.329 e. The SMILES string of the molecule is CCNC(=O)C(=O)N/N=C\c1cccc(OC)c1OCc1ccccc1Cl. The smallest absolute Gasteiger partial charge is 0.329 e. The van der Waals surface area contributed by atoms with Crippen LogP contribution in [0, 0.1) is 0 Å². The van der Waals surface area contributed by atoms with Gasteiger partial charge in [-0.15, -0.1) is 0 Å². The molecule has 0 radical (unpaired) electrons. The van der Waals surface area contributed by atoms with E-state index in [-0.39, 0.29) is 6.61 Å². The summed E-state index contributed by atoms with van der Waals surface area (Å²) in [6.07, 6.45) is 1.38. The molecule has 27 heavy (non-hydrogen) atoms. The Morgan fingerprint density at radius 2 is 1.93 bits per heavy atom. The second kappa shape index (κ2) is 10.2. The molecule has 0 aromatic heterocycles. The fraction of sp³-hybridized carbons (Fsp3) is 0.211. The van der Waals surface area contributed by atoms with Gasteiger partial charge in [-0.2, -0.15) is 5.10 Å². The van der Waals surface area contributed by atoms with Gasteiger partial charge in [0, 0.05) is 22.7 Å². The normalized spacial score (nSPS) is 10.5. The van der Waals surface area contributed by atoms with Crippen molar-refractivity contribution in [3.05, 3.63) is 58.6 Å². The standard InChI is InChI=1S/C19H20ClN3O4/c1-3-21-18(24)19(25)23-22-11-13-8-6-10-16(26-2)17(13)27-12-14-7-4-5-9-15(14)20/h4-11H,3,12H2,1-2H3,(H,21,24)(H,23,25)/b22-11-. The van der Waals surface area contributed by atoms with Crippen molar-refractivity contribution in [2.75, 3.05) is 13.7 Å². The molecule has 2 rings (SSSR count). The molecule has 8 heteroatoms. The number of hydrogen-bond acceptors (Lipinski definition) is 5. The highest BCUT2D eigenvalue weighted by Crippen LogP contribution is 2.31. The molecule has 2 N–H and O–H groups in total. The molecule has 0 bridgehead atoms. The van der Waals surface area contributed by atoms with E-state index < -0.39 is 11.8 Å². The van der Waals surface area contributed by atoms with Crippen molar-refractivity contribution in [1.29, 1.82) is 0 Å². The minimum Gasteiger partial charge on any atom is -0.493 e. The molecule has 0 saturated carbocycles. The van der Waals surface area contributed by atoms with Crippen molar-refractivity contribution in [3.8, 4) is 11.5 Å². The first kappa shape index (κ1) is 20.3. The van der Waals surface area contributed by atoms with Crippen molar-refractivity contribution < 1.29 is 19.1 Å². The molecule has 2 amide bonds. The number of nitrogens with zero attached hydrogens (tertiary/aromatic N) is 1. The summed E-state index contributed by atoms with van der Waals surface area (Å²) in [5.41, 5.74) is 3.55. The van der Waals surface area contributed by atoms with Gasteiger partial charge in [-0.25, -0.2) is 5.43 Å². The quantitative estimate of drug-likeness (QED) is 0.432. The highest BCUT2D eigenvalue weighted by Gasteiger charge is 2.12. The van der Waals surface area contributed by atoms with Gasteiger partial charge in [0.2, 0.25) is 0 Å². The maximum atomic E-state index is 11.6. The molecule has 2 aromatic carbocycles. The minimum atomic E-state index is -0.852. The predicted molar refractivity (Wildman–Crippen MR) is 103 cm³/mol. The van der Waals surface area contributed by atoms with Crippen LogP contribution >= 0.6 is 11.6 Å². The molecule has 0 fully saturated rings. The molecule has 0 aliphatic rings. The van der Waals surface area contributed by atoms with Crippen LogP contribution in [0.4, 0.5) is 0 Å². The van der Waals surface area contributed by atoms with Crippen LogP contribution in [0.5, 0.6) is 11.5 Å². The maximum absolute atomic E-state index is 11.6. The number of para-hydroxylation sites is 1. The molecular formula is C19H20ClN3O4. The van der Waals surface area contributed by atoms with E-state index in [1.807, 2.05) is 18.2 Å². The van der Waals surface area contributed by atoms with Crippen LogP contribution in [-0.2, 0) is 16.2 Å². The summed E-state index contributed by atoms with van der Waals surface area (Å²) in [4.78, 5) is 23.0. The van der Waals surface area contributed by atoms with Crippen LogP contribution in [-0.4, -0.2) is 31.7 Å². The van der Waals surface area contributed by atoms with E-state index in [1.54, 1.807) is 31.2 Å². The summed E-state index contributed by atoms with van der Waals surface area (Å²) >= 11 is 6.15. The van der Waals surface area contributed by atoms with E-state index in [2.05, 4.69) is 15.8 Å². The molecular weight excluding hydrogens is 370 g/mol. The molecule has 0 atom stereocenters. The predicted octanol–water partition coefficient (Wildman–Crippen LogP) is 2.51. The van der Waals surface area contributed by atoms with Gasteiger partial charge in [0.05, 0.1) is 13.3 Å². The lowest BCUT2D eigenvalue weighted by Crippen LogP contribution is -2.37. The van der Waals surface area contributed by atoms with Gasteiger partial charge in [-0.3, -0.25) is 9.59 Å². The Hall–Kier alpha value is -3.06. The van der Waals surface area contributed by atoms with E-state index in [0.29, 0.717) is 28.6 Å². The van der Waals surface area contributed by atoms with E-state index in [9.17, 15) is 9.59 Å². The van der Waals surface area contributed by atoms with E-state index >= 15 is 0 Å². The van der Waals surface area contributed by atoms with Gasteiger partial charge in [-0.1, -0.05) is 35.9 Å². The third kappa shape index (κ3) is 5.72. The first-order chi connectivity index (χ1) is 13.1. The number of nitrogens with one attached hydrogen (secondary N) is 2. The average molecular weight is 390 g/mol. The van der Waals surface area contributed by atoms with Gasteiger partial charge in [0.25, 0.3) is 0 Å². The third-order valence-electron chi connectivity index (χ3n) is 3.47. The number of likely N-dealkylation sites (N-methyl/N-ethyl adjacent to an activating group) is 1. The first-order valence-electron chi connectivity index (χ1n) is 8.21. The summed E-state index contributed by atoms with van der Waals surface area (Å²) < 4.78 is 11.2. The Labute approximate surface area is 162 Å². The number of carbonyl (C=O) groups excluding carboxylic acids is 2. The summed E-state index contributed by atoms with van der Waals surface area (Å²) in [5, 5.41) is 6.79. The molecule has 142 valence electrons. The number of hydrogen-bond donors (Lipinski definition) is 2. The number of benzene rings is 2. The summed E-state index contributed by atoms with van der Waals surface area (Å²) in [5.74, 6) is -0.665. The number of amides is 2. The fourth-order valence-corrected chi connectivity index (χ4v) is 2.36. The molecule has 0 aliphatic carbocycles. The Bertz CT molecular complexity index is 839. The van der Waals surface area contributed by atoms with Crippen LogP contribution < -0.4 is 20.2 Å². The minimum absolute atomic E-state index is 0.228. The van der Waals surface area contributed by atoms with Gasteiger partial charge in [-0.05, 0) is 25.1 Å². The Morgan fingerprint density at radius 3 is 2.63 bits per heavy atom. The highest BCUT2D eigenvalue weighted by atomic mass is 35.5. The van der Waals surface area contributed by atoms with Gasteiger partial charge in [0.15, 0.2) is 11.5 Å². The zero-order valence-corrected chi connectivity index (χ0v) is 15.7. The van der Waals surface area contributed by atoms with Crippen molar-refractivity contribution in [1.82, 2.24) is 10.7 Å². The van der Waals surface area contributed by atoms with Crippen molar-refractivity contribution >= 4 is 29.6 Å². The fourth-order valence-electron chi connectivity index (χ4n) is 2.17. The number of methoxy groups -OCH3 is 1. The number of ether oxygens (including phenoxy) is 2. The van der Waals surface area contributed by atoms with Gasteiger partial charge < -0.3 is 14.8 Å². The summed E-state index contributed by atoms with van der Waals surface area (Å²) in [6.45, 7) is 2.30. The Kier molecular flexibility index (Phi) is 7.63. The van der Waals surface area contributed by atoms with Crippen LogP contribution in [0.25, 0.3) is 0 Å². The third-order valence-corrected chi connectivity index (χ3v) is 3.84. The van der Waals surface area contributed by atoms with E-state index in [0.717, 1.165) is 5.56 Å². The van der Waals surface area contributed by atoms with Crippen LogP contribution in [0.15, 0.2) is 47.6 Å². The molecule has 7 nitrogen and oxygen atoms in total. The number of halogens is 1. The van der Waals surface area contributed by atoms with Gasteiger partial charge in [0.1, 0.15) is 6.61 Å². The zero-order valence-electron chi connectivity index (χ0n) is 15.0. The number of carbonyl (C=O) groups is 2. The zero-order chi connectivity index (χ0) is 19.6. The van der Waals surface area contributed by atoms with Crippen LogP contribution in [0.3, 0.4) is 0 Å². The lowest BCUT2D eigenvalue weighted by Gasteiger charge is -2.13. The van der Waals surface area contributed by atoms with E-state index in [4.69, 9.17) is 21.1 Å². The monoisotopic (exact) mass is 389 g/mol. The topological polar surface area (TPSA) is 89.0 Å². The van der Waals surface area contributed by atoms with Crippen LogP contribution in [0.1, 0.15) is 18.1 Å². The molecule has 0 heterocycles. The average Bonchev–Trinajstić information content (AvgIpc) is 2.67. The molecule has 0 spiro atoms. The van der Waals surface area contributed by atoms with Crippen molar-refractivity contribution in [2.24, 2.45) is 5.10 Å². The Balaban J connectivity index is 2.14. The van der Waals surface area contributed by atoms with Crippen LogP contribution in [0.2, 0.25) is 5.02 Å². The lowest BCUT2D eigenvalue weighted by atomic mass is 10.2. The van der Waals surface area contributed by atoms with E-state index in [1.165, 1.54) is 13.3 Å². The molecule has 2 aromatic rings. The Morgan fingerprint density at radius 1 is 1.15 bits per heavy atom. The summed E-state index contributed by atoms with van der Waals surface area (Å²) in [6, 6.07) is 12.6. The largest absolute Gasteiger partial charge is 0.493 e. The number of hydrazone groups is 1. The lowest BCUT2D eigenvalue weighted by molar-refractivity contribution is -0.139. The molecule has 0 saturated heterocycles. The highest BCUT2D eigenvalue weighted by molar-refractivity contribution is 6.35.